The van der Waals surface area contributed by atoms with Gasteiger partial charge in [-0.15, -0.1) is 0 Å². The molecular formula is C12H15N3O2. The molecule has 1 unspecified atom stereocenters. The van der Waals surface area contributed by atoms with Crippen LogP contribution in [-0.4, -0.2) is 22.1 Å². The zero-order valence-electron chi connectivity index (χ0n) is 10.2. The number of carbonyl (C=O) groups excluding carboxylic acids is 1. The van der Waals surface area contributed by atoms with Crippen LogP contribution in [0.15, 0.2) is 16.8 Å². The molecule has 0 spiro atoms. The van der Waals surface area contributed by atoms with E-state index in [0.29, 0.717) is 11.3 Å². The second kappa shape index (κ2) is 4.53. The number of nitrogens with one attached hydrogen (secondary N) is 1. The Morgan fingerprint density at radius 3 is 3.06 bits per heavy atom. The molecule has 1 N–H and O–H groups in total. The highest BCUT2D eigenvalue weighted by atomic mass is 16.5. The van der Waals surface area contributed by atoms with Gasteiger partial charge in [-0.05, 0) is 26.3 Å². The number of aromatic nitrogens is 2. The fraction of sp³-hybridized carbons (Fsp3) is 0.417. The molecule has 5 nitrogen and oxygen atoms in total. The first-order valence-corrected chi connectivity index (χ1v) is 5.64. The number of amides is 1. The quantitative estimate of drug-likeness (QED) is 0.881. The maximum absolute atomic E-state index is 11.9. The number of rotatable bonds is 3. The Bertz CT molecular complexity index is 548. The van der Waals surface area contributed by atoms with E-state index in [1.807, 2.05) is 20.8 Å². The number of nitrogens with zero attached hydrogens (tertiary/aromatic N) is 2. The van der Waals surface area contributed by atoms with Gasteiger partial charge in [0.15, 0.2) is 0 Å². The molecule has 2 rings (SSSR count). The van der Waals surface area contributed by atoms with Crippen LogP contribution in [0.4, 0.5) is 0 Å². The first-order chi connectivity index (χ1) is 8.11. The standard InChI is InChI=1S/C12H15N3O2/c1-4-7(2)14-11(16)9-5-10-8(3)15-17-12(10)13-6-9/h5-7H,4H2,1-3H3,(H,14,16). The van der Waals surface area contributed by atoms with Crippen molar-refractivity contribution in [1.82, 2.24) is 15.5 Å². The highest BCUT2D eigenvalue weighted by Crippen LogP contribution is 2.16. The third-order valence-electron chi connectivity index (χ3n) is 2.76. The molecule has 90 valence electrons. The van der Waals surface area contributed by atoms with Crippen molar-refractivity contribution in [2.75, 3.05) is 0 Å². The highest BCUT2D eigenvalue weighted by molar-refractivity contribution is 5.97. The zero-order valence-corrected chi connectivity index (χ0v) is 10.2. The van der Waals surface area contributed by atoms with Crippen LogP contribution < -0.4 is 5.32 Å². The Hall–Kier alpha value is -1.91. The number of hydrogen-bond donors (Lipinski definition) is 1. The van der Waals surface area contributed by atoms with E-state index >= 15 is 0 Å². The summed E-state index contributed by atoms with van der Waals surface area (Å²) in [7, 11) is 0. The summed E-state index contributed by atoms with van der Waals surface area (Å²) in [5.41, 5.74) is 1.73. The Balaban J connectivity index is 2.29. The Morgan fingerprint density at radius 1 is 1.59 bits per heavy atom. The van der Waals surface area contributed by atoms with E-state index in [-0.39, 0.29) is 11.9 Å². The van der Waals surface area contributed by atoms with Crippen molar-refractivity contribution in [2.24, 2.45) is 0 Å². The lowest BCUT2D eigenvalue weighted by Crippen LogP contribution is -2.31. The zero-order chi connectivity index (χ0) is 12.4. The van der Waals surface area contributed by atoms with Gasteiger partial charge in [0, 0.05) is 12.2 Å². The van der Waals surface area contributed by atoms with Crippen molar-refractivity contribution in [3.05, 3.63) is 23.5 Å². The summed E-state index contributed by atoms with van der Waals surface area (Å²) >= 11 is 0. The molecule has 2 heterocycles. The van der Waals surface area contributed by atoms with Crippen LogP contribution in [0.3, 0.4) is 0 Å². The molecular weight excluding hydrogens is 218 g/mol. The van der Waals surface area contributed by atoms with E-state index < -0.39 is 0 Å². The van der Waals surface area contributed by atoms with Gasteiger partial charge in [-0.1, -0.05) is 12.1 Å². The van der Waals surface area contributed by atoms with E-state index in [9.17, 15) is 4.79 Å². The molecule has 2 aromatic rings. The topological polar surface area (TPSA) is 68.0 Å². The highest BCUT2D eigenvalue weighted by Gasteiger charge is 2.12. The summed E-state index contributed by atoms with van der Waals surface area (Å²) in [5.74, 6) is -0.116. The molecule has 0 saturated heterocycles. The van der Waals surface area contributed by atoms with Crippen LogP contribution in [0.25, 0.3) is 11.1 Å². The van der Waals surface area contributed by atoms with Gasteiger partial charge < -0.3 is 9.84 Å². The predicted molar refractivity (Wildman–Crippen MR) is 63.8 cm³/mol. The van der Waals surface area contributed by atoms with Gasteiger partial charge in [-0.25, -0.2) is 4.98 Å². The minimum absolute atomic E-state index is 0.116. The van der Waals surface area contributed by atoms with Crippen LogP contribution in [0.2, 0.25) is 0 Å². The van der Waals surface area contributed by atoms with Crippen molar-refractivity contribution in [1.29, 1.82) is 0 Å². The lowest BCUT2D eigenvalue weighted by molar-refractivity contribution is 0.0939. The van der Waals surface area contributed by atoms with E-state index in [1.54, 1.807) is 6.07 Å². The summed E-state index contributed by atoms with van der Waals surface area (Å²) < 4.78 is 4.99. The molecule has 17 heavy (non-hydrogen) atoms. The van der Waals surface area contributed by atoms with Gasteiger partial charge >= 0.3 is 0 Å². The van der Waals surface area contributed by atoms with Gasteiger partial charge in [-0.3, -0.25) is 4.79 Å². The number of hydrogen-bond acceptors (Lipinski definition) is 4. The second-order valence-corrected chi connectivity index (χ2v) is 4.13. The fourth-order valence-electron chi connectivity index (χ4n) is 1.48. The molecule has 0 aliphatic rings. The van der Waals surface area contributed by atoms with Crippen LogP contribution in [0.5, 0.6) is 0 Å². The molecule has 2 aromatic heterocycles. The lowest BCUT2D eigenvalue weighted by Gasteiger charge is -2.10. The molecule has 0 aliphatic carbocycles. The summed E-state index contributed by atoms with van der Waals surface area (Å²) in [6.45, 7) is 5.81. The number of fused-ring (bicyclic) bond motifs is 1. The molecule has 0 aliphatic heterocycles. The van der Waals surface area contributed by atoms with Crippen LogP contribution in [0.1, 0.15) is 36.3 Å². The van der Waals surface area contributed by atoms with Crippen LogP contribution in [0, 0.1) is 6.92 Å². The van der Waals surface area contributed by atoms with Gasteiger partial charge in [0.2, 0.25) is 0 Å². The smallest absolute Gasteiger partial charge is 0.257 e. The van der Waals surface area contributed by atoms with E-state index in [4.69, 9.17) is 4.52 Å². The molecule has 0 fully saturated rings. The van der Waals surface area contributed by atoms with Crippen LogP contribution >= 0.6 is 0 Å². The molecule has 1 amide bonds. The first kappa shape index (κ1) is 11.6. The van der Waals surface area contributed by atoms with Crippen molar-refractivity contribution in [2.45, 2.75) is 33.2 Å². The second-order valence-electron chi connectivity index (χ2n) is 4.13. The summed E-state index contributed by atoms with van der Waals surface area (Å²) in [5, 5.41) is 7.48. The SMILES string of the molecule is CCC(C)NC(=O)c1cnc2onc(C)c2c1. The van der Waals surface area contributed by atoms with Crippen molar-refractivity contribution >= 4 is 17.0 Å². The minimum Gasteiger partial charge on any atom is -0.350 e. The molecule has 0 radical (unpaired) electrons. The van der Waals surface area contributed by atoms with Crippen LogP contribution in [-0.2, 0) is 0 Å². The molecule has 0 bridgehead atoms. The van der Waals surface area contributed by atoms with E-state index in [1.165, 1.54) is 6.20 Å². The average molecular weight is 233 g/mol. The fourth-order valence-corrected chi connectivity index (χ4v) is 1.48. The Labute approximate surface area is 99.2 Å². The molecule has 0 aromatic carbocycles. The predicted octanol–water partition coefficient (Wildman–Crippen LogP) is 2.06. The number of aryl methyl sites for hydroxylation is 1. The maximum Gasteiger partial charge on any atom is 0.257 e. The monoisotopic (exact) mass is 233 g/mol. The van der Waals surface area contributed by atoms with Crippen molar-refractivity contribution < 1.29 is 9.32 Å². The van der Waals surface area contributed by atoms with Gasteiger partial charge in [-0.2, -0.15) is 0 Å². The summed E-state index contributed by atoms with van der Waals surface area (Å²) in [6.07, 6.45) is 2.40. The minimum atomic E-state index is -0.116. The number of pyridine rings is 1. The summed E-state index contributed by atoms with van der Waals surface area (Å²) in [6, 6.07) is 1.91. The molecule has 0 saturated carbocycles. The van der Waals surface area contributed by atoms with Gasteiger partial charge in [0.25, 0.3) is 11.6 Å². The van der Waals surface area contributed by atoms with Crippen molar-refractivity contribution in [3.8, 4) is 0 Å². The maximum atomic E-state index is 11.9. The molecule has 1 atom stereocenters. The van der Waals surface area contributed by atoms with E-state index in [0.717, 1.165) is 17.5 Å². The summed E-state index contributed by atoms with van der Waals surface area (Å²) in [4.78, 5) is 16.0. The Morgan fingerprint density at radius 2 is 2.35 bits per heavy atom. The Kier molecular flexibility index (Phi) is 3.08. The third-order valence-corrected chi connectivity index (χ3v) is 2.76. The largest absolute Gasteiger partial charge is 0.350 e. The first-order valence-electron chi connectivity index (χ1n) is 5.64. The lowest BCUT2D eigenvalue weighted by atomic mass is 10.2. The molecule has 5 heteroatoms. The van der Waals surface area contributed by atoms with Crippen molar-refractivity contribution in [3.63, 3.8) is 0 Å². The van der Waals surface area contributed by atoms with Gasteiger partial charge in [0.1, 0.15) is 0 Å². The normalized spacial score (nSPS) is 12.6. The third kappa shape index (κ3) is 2.27. The van der Waals surface area contributed by atoms with Gasteiger partial charge in [0.05, 0.1) is 16.6 Å². The number of carbonyl (C=O) groups is 1. The van der Waals surface area contributed by atoms with E-state index in [2.05, 4.69) is 15.5 Å². The average Bonchev–Trinajstić information content (AvgIpc) is 2.70.